The maximum atomic E-state index is 11.7. The Bertz CT molecular complexity index is 207. The van der Waals surface area contributed by atoms with Gasteiger partial charge in [-0.3, -0.25) is 4.79 Å². The molecule has 1 atom stereocenters. The number of rotatable bonds is 2. The molecule has 0 aromatic rings. The Morgan fingerprint density at radius 3 is 2.69 bits per heavy atom. The molecule has 1 amide bonds. The smallest absolute Gasteiger partial charge is 0.230 e. The molecule has 2 saturated heterocycles. The highest BCUT2D eigenvalue weighted by molar-refractivity contribution is 5.83. The summed E-state index contributed by atoms with van der Waals surface area (Å²) in [5.41, 5.74) is -0.289. The van der Waals surface area contributed by atoms with Crippen LogP contribution in [0.15, 0.2) is 0 Å². The molecule has 1 N–H and O–H groups in total. The summed E-state index contributed by atoms with van der Waals surface area (Å²) >= 11 is 0. The largest absolute Gasteiger partial charge is 0.379 e. The molecule has 0 spiro atoms. The van der Waals surface area contributed by atoms with Gasteiger partial charge in [-0.15, -0.1) is 0 Å². The van der Waals surface area contributed by atoms with Crippen molar-refractivity contribution in [3.05, 3.63) is 0 Å². The van der Waals surface area contributed by atoms with Gasteiger partial charge in [-0.1, -0.05) is 0 Å². The first-order chi connectivity index (χ1) is 6.21. The predicted octanol–water partition coefficient (Wildman–Crippen LogP) is -0.0720. The molecule has 0 aliphatic carbocycles. The van der Waals surface area contributed by atoms with E-state index in [0.29, 0.717) is 19.8 Å². The van der Waals surface area contributed by atoms with Crippen LogP contribution in [0, 0.1) is 5.41 Å². The zero-order chi connectivity index (χ0) is 9.31. The standard InChI is InChI=1S/C9H15NO3/c1-9(5-13-6-9)8(11)10-7-2-3-12-4-7/h7H,2-6H2,1H3,(H,10,11). The van der Waals surface area contributed by atoms with Crippen LogP contribution in [0.5, 0.6) is 0 Å². The zero-order valence-corrected chi connectivity index (χ0v) is 7.84. The maximum absolute atomic E-state index is 11.7. The molecular formula is C9H15NO3. The van der Waals surface area contributed by atoms with Crippen LogP contribution in [-0.4, -0.2) is 38.4 Å². The van der Waals surface area contributed by atoms with E-state index in [2.05, 4.69) is 5.32 Å². The van der Waals surface area contributed by atoms with Crippen LogP contribution in [0.2, 0.25) is 0 Å². The van der Waals surface area contributed by atoms with Gasteiger partial charge in [-0.25, -0.2) is 0 Å². The summed E-state index contributed by atoms with van der Waals surface area (Å²) < 4.78 is 10.2. The van der Waals surface area contributed by atoms with Gasteiger partial charge in [0.15, 0.2) is 0 Å². The minimum atomic E-state index is -0.289. The Hall–Kier alpha value is -0.610. The van der Waals surface area contributed by atoms with E-state index in [9.17, 15) is 4.79 Å². The molecule has 0 bridgehead atoms. The van der Waals surface area contributed by atoms with Gasteiger partial charge in [0.2, 0.25) is 5.91 Å². The monoisotopic (exact) mass is 185 g/mol. The third-order valence-electron chi connectivity index (χ3n) is 2.65. The lowest BCUT2D eigenvalue weighted by Gasteiger charge is -2.36. The van der Waals surface area contributed by atoms with E-state index in [1.165, 1.54) is 0 Å². The van der Waals surface area contributed by atoms with Crippen LogP contribution in [0.1, 0.15) is 13.3 Å². The second-order valence-corrected chi connectivity index (χ2v) is 4.09. The van der Waals surface area contributed by atoms with Crippen molar-refractivity contribution >= 4 is 5.91 Å². The number of hydrogen-bond donors (Lipinski definition) is 1. The van der Waals surface area contributed by atoms with Crippen LogP contribution < -0.4 is 5.32 Å². The van der Waals surface area contributed by atoms with E-state index in [1.807, 2.05) is 6.92 Å². The van der Waals surface area contributed by atoms with Crippen LogP contribution >= 0.6 is 0 Å². The molecule has 2 rings (SSSR count). The van der Waals surface area contributed by atoms with Crippen LogP contribution in [0.4, 0.5) is 0 Å². The molecule has 74 valence electrons. The van der Waals surface area contributed by atoms with Gasteiger partial charge < -0.3 is 14.8 Å². The summed E-state index contributed by atoms with van der Waals surface area (Å²) in [5.74, 6) is 0.106. The SMILES string of the molecule is CC1(C(=O)NC2CCOC2)COC1. The number of carbonyl (C=O) groups excluding carboxylic acids is 1. The predicted molar refractivity (Wildman–Crippen MR) is 46.3 cm³/mol. The van der Waals surface area contributed by atoms with E-state index < -0.39 is 0 Å². The lowest BCUT2D eigenvalue weighted by Crippen LogP contribution is -2.54. The minimum absolute atomic E-state index is 0.106. The zero-order valence-electron chi connectivity index (χ0n) is 7.84. The molecule has 2 fully saturated rings. The van der Waals surface area contributed by atoms with Gasteiger partial charge in [-0.05, 0) is 13.3 Å². The third-order valence-corrected chi connectivity index (χ3v) is 2.65. The van der Waals surface area contributed by atoms with E-state index in [0.717, 1.165) is 13.0 Å². The van der Waals surface area contributed by atoms with Crippen molar-refractivity contribution < 1.29 is 14.3 Å². The second-order valence-electron chi connectivity index (χ2n) is 4.09. The highest BCUT2D eigenvalue weighted by atomic mass is 16.5. The molecule has 0 aromatic carbocycles. The van der Waals surface area contributed by atoms with Crippen molar-refractivity contribution in [3.63, 3.8) is 0 Å². The Labute approximate surface area is 77.6 Å². The average molecular weight is 185 g/mol. The molecule has 4 nitrogen and oxygen atoms in total. The Balaban J connectivity index is 1.83. The lowest BCUT2D eigenvalue weighted by atomic mass is 9.87. The number of hydrogen-bond acceptors (Lipinski definition) is 3. The molecule has 0 radical (unpaired) electrons. The Morgan fingerprint density at radius 1 is 1.46 bits per heavy atom. The van der Waals surface area contributed by atoms with E-state index in [-0.39, 0.29) is 17.4 Å². The van der Waals surface area contributed by atoms with E-state index >= 15 is 0 Å². The number of nitrogens with one attached hydrogen (secondary N) is 1. The van der Waals surface area contributed by atoms with Crippen LogP contribution in [-0.2, 0) is 14.3 Å². The molecule has 2 aliphatic heterocycles. The van der Waals surface area contributed by atoms with Gasteiger partial charge in [-0.2, -0.15) is 0 Å². The Kier molecular flexibility index (Phi) is 2.26. The first kappa shape index (κ1) is 8.97. The van der Waals surface area contributed by atoms with Gasteiger partial charge in [0, 0.05) is 6.61 Å². The normalized spacial score (nSPS) is 31.0. The van der Waals surface area contributed by atoms with Crippen molar-refractivity contribution in [1.29, 1.82) is 0 Å². The van der Waals surface area contributed by atoms with Gasteiger partial charge in [0.05, 0.1) is 31.3 Å². The van der Waals surface area contributed by atoms with Crippen molar-refractivity contribution in [1.82, 2.24) is 5.32 Å². The summed E-state index contributed by atoms with van der Waals surface area (Å²) in [7, 11) is 0. The molecule has 2 aliphatic rings. The summed E-state index contributed by atoms with van der Waals surface area (Å²) in [4.78, 5) is 11.7. The first-order valence-electron chi connectivity index (χ1n) is 4.67. The van der Waals surface area contributed by atoms with Gasteiger partial charge >= 0.3 is 0 Å². The number of carbonyl (C=O) groups is 1. The molecule has 0 saturated carbocycles. The Morgan fingerprint density at radius 2 is 2.23 bits per heavy atom. The molecule has 2 heterocycles. The first-order valence-corrected chi connectivity index (χ1v) is 4.67. The number of amides is 1. The molecule has 13 heavy (non-hydrogen) atoms. The highest BCUT2D eigenvalue weighted by Gasteiger charge is 2.41. The molecule has 4 heteroatoms. The molecular weight excluding hydrogens is 170 g/mol. The van der Waals surface area contributed by atoms with Crippen molar-refractivity contribution in [2.75, 3.05) is 26.4 Å². The van der Waals surface area contributed by atoms with E-state index in [1.54, 1.807) is 0 Å². The number of ether oxygens (including phenoxy) is 2. The third kappa shape index (κ3) is 1.69. The second kappa shape index (κ2) is 3.27. The average Bonchev–Trinajstić information content (AvgIpc) is 2.52. The molecule has 0 aromatic heterocycles. The van der Waals surface area contributed by atoms with Gasteiger partial charge in [0.25, 0.3) is 0 Å². The van der Waals surface area contributed by atoms with E-state index in [4.69, 9.17) is 9.47 Å². The summed E-state index contributed by atoms with van der Waals surface area (Å²) in [5, 5.41) is 2.98. The quantitative estimate of drug-likeness (QED) is 0.655. The van der Waals surface area contributed by atoms with Crippen LogP contribution in [0.25, 0.3) is 0 Å². The van der Waals surface area contributed by atoms with Crippen molar-refractivity contribution in [2.45, 2.75) is 19.4 Å². The minimum Gasteiger partial charge on any atom is -0.379 e. The maximum Gasteiger partial charge on any atom is 0.230 e. The topological polar surface area (TPSA) is 47.6 Å². The van der Waals surface area contributed by atoms with Crippen LogP contribution in [0.3, 0.4) is 0 Å². The summed E-state index contributed by atoms with van der Waals surface area (Å²) in [6, 6.07) is 0.213. The summed E-state index contributed by atoms with van der Waals surface area (Å²) in [6.45, 7) is 4.45. The molecule has 1 unspecified atom stereocenters. The fourth-order valence-corrected chi connectivity index (χ4v) is 1.55. The van der Waals surface area contributed by atoms with Crippen molar-refractivity contribution in [2.24, 2.45) is 5.41 Å². The fourth-order valence-electron chi connectivity index (χ4n) is 1.55. The summed E-state index contributed by atoms with van der Waals surface area (Å²) in [6.07, 6.45) is 0.933. The fraction of sp³-hybridized carbons (Fsp3) is 0.889. The lowest BCUT2D eigenvalue weighted by molar-refractivity contribution is -0.158. The van der Waals surface area contributed by atoms with Crippen molar-refractivity contribution in [3.8, 4) is 0 Å². The van der Waals surface area contributed by atoms with Gasteiger partial charge in [0.1, 0.15) is 0 Å². The highest BCUT2D eigenvalue weighted by Crippen LogP contribution is 2.26.